The van der Waals surface area contributed by atoms with E-state index < -0.39 is 0 Å². The Hall–Kier alpha value is -3.32. The van der Waals surface area contributed by atoms with Gasteiger partial charge in [0, 0.05) is 29.6 Å². The van der Waals surface area contributed by atoms with Crippen LogP contribution in [0.1, 0.15) is 5.82 Å². The number of ether oxygens (including phenoxy) is 4. The Morgan fingerprint density at radius 3 is 2.21 bits per heavy atom. The Balaban J connectivity index is 1.34. The summed E-state index contributed by atoms with van der Waals surface area (Å²) in [5.41, 5.74) is 2.83. The third-order valence-electron chi connectivity index (χ3n) is 5.20. The number of imidazole rings is 1. The summed E-state index contributed by atoms with van der Waals surface area (Å²) in [5.74, 6) is 3.10. The van der Waals surface area contributed by atoms with Gasteiger partial charge in [-0.15, -0.1) is 0 Å². The number of epoxide rings is 1. The number of aromatic nitrogens is 2. The van der Waals surface area contributed by atoms with Crippen LogP contribution in [0.25, 0.3) is 16.9 Å². The van der Waals surface area contributed by atoms with Crippen LogP contribution >= 0.6 is 11.6 Å². The zero-order valence-corrected chi connectivity index (χ0v) is 18.9. The normalized spacial score (nSPS) is 14.8. The number of methoxy groups -OCH3 is 1. The quantitative estimate of drug-likeness (QED) is 0.289. The van der Waals surface area contributed by atoms with Crippen molar-refractivity contribution in [2.45, 2.75) is 12.7 Å². The van der Waals surface area contributed by atoms with Gasteiger partial charge in [0.1, 0.15) is 42.4 Å². The van der Waals surface area contributed by atoms with Crippen LogP contribution in [0.5, 0.6) is 17.2 Å². The molecule has 1 aliphatic heterocycles. The first-order valence-electron chi connectivity index (χ1n) is 10.6. The summed E-state index contributed by atoms with van der Waals surface area (Å²) < 4.78 is 24.2. The molecule has 1 fully saturated rings. The predicted octanol–water partition coefficient (Wildman–Crippen LogP) is 5.91. The van der Waals surface area contributed by atoms with Crippen molar-refractivity contribution in [2.75, 3.05) is 20.3 Å². The van der Waals surface area contributed by atoms with Gasteiger partial charge in [0.2, 0.25) is 0 Å². The minimum Gasteiger partial charge on any atom is -0.491 e. The van der Waals surface area contributed by atoms with Crippen LogP contribution in [-0.2, 0) is 16.1 Å². The monoisotopic (exact) mass is 462 g/mol. The maximum atomic E-state index is 5.94. The Labute approximate surface area is 197 Å². The van der Waals surface area contributed by atoms with E-state index in [2.05, 4.69) is 0 Å². The highest BCUT2D eigenvalue weighted by Crippen LogP contribution is 2.27. The maximum Gasteiger partial charge on any atom is 0.140 e. The van der Waals surface area contributed by atoms with E-state index in [4.69, 9.17) is 35.5 Å². The van der Waals surface area contributed by atoms with Gasteiger partial charge in [-0.25, -0.2) is 4.98 Å². The van der Waals surface area contributed by atoms with Crippen molar-refractivity contribution in [3.63, 3.8) is 0 Å². The van der Waals surface area contributed by atoms with E-state index in [1.54, 1.807) is 19.2 Å². The van der Waals surface area contributed by atoms with Crippen LogP contribution in [0.15, 0.2) is 79.0 Å². The topological polar surface area (TPSA) is 58.0 Å². The molecular weight excluding hydrogens is 440 g/mol. The summed E-state index contributed by atoms with van der Waals surface area (Å²) in [6.07, 6.45) is 2.25. The van der Waals surface area contributed by atoms with E-state index in [1.807, 2.05) is 71.4 Å². The van der Waals surface area contributed by atoms with E-state index in [9.17, 15) is 0 Å². The van der Waals surface area contributed by atoms with Crippen molar-refractivity contribution in [1.29, 1.82) is 0 Å². The molecule has 33 heavy (non-hydrogen) atoms. The molecule has 4 aromatic rings. The fourth-order valence-corrected chi connectivity index (χ4v) is 3.53. The highest BCUT2D eigenvalue weighted by atomic mass is 35.5. The van der Waals surface area contributed by atoms with Crippen molar-refractivity contribution in [3.05, 3.63) is 89.8 Å². The molecule has 1 atom stereocenters. The van der Waals surface area contributed by atoms with Crippen molar-refractivity contribution in [1.82, 2.24) is 9.55 Å². The Kier molecular flexibility index (Phi) is 6.30. The lowest BCUT2D eigenvalue weighted by Gasteiger charge is -2.09. The number of hydrogen-bond donors (Lipinski definition) is 0. The molecule has 0 spiro atoms. The molecule has 2 heterocycles. The molecule has 0 amide bonds. The van der Waals surface area contributed by atoms with Crippen LogP contribution in [0, 0.1) is 0 Å². The van der Waals surface area contributed by atoms with E-state index in [0.717, 1.165) is 46.6 Å². The first kappa shape index (κ1) is 21.5. The summed E-state index contributed by atoms with van der Waals surface area (Å²) in [6.45, 7) is 1.77. The Morgan fingerprint density at radius 2 is 1.58 bits per heavy atom. The second-order valence-electron chi connectivity index (χ2n) is 7.69. The molecule has 1 unspecified atom stereocenters. The average molecular weight is 463 g/mol. The third kappa shape index (κ3) is 5.37. The Morgan fingerprint density at radius 1 is 0.939 bits per heavy atom. The van der Waals surface area contributed by atoms with Gasteiger partial charge in [0.15, 0.2) is 0 Å². The van der Waals surface area contributed by atoms with Gasteiger partial charge in [-0.1, -0.05) is 11.6 Å². The van der Waals surface area contributed by atoms with Crippen molar-refractivity contribution in [3.8, 4) is 34.2 Å². The molecule has 1 aliphatic rings. The first-order chi connectivity index (χ1) is 16.2. The molecule has 168 valence electrons. The number of rotatable bonds is 9. The molecule has 0 bridgehead atoms. The number of benzene rings is 3. The van der Waals surface area contributed by atoms with E-state index in [1.165, 1.54) is 0 Å². The van der Waals surface area contributed by atoms with Crippen LogP contribution in [-0.4, -0.2) is 36.0 Å². The highest BCUT2D eigenvalue weighted by Gasteiger charge is 2.23. The third-order valence-corrected chi connectivity index (χ3v) is 5.46. The average Bonchev–Trinajstić information content (AvgIpc) is 3.59. The lowest BCUT2D eigenvalue weighted by molar-refractivity contribution is 0.176. The summed E-state index contributed by atoms with van der Waals surface area (Å²) in [6, 6.07) is 23.0. The molecule has 1 aromatic heterocycles. The van der Waals surface area contributed by atoms with Gasteiger partial charge in [-0.3, -0.25) is 0 Å². The SMILES string of the molecule is COCc1nc(-c2ccc(OCC3CO3)cc2)cn1-c1ccc(Oc2ccc(Cl)cc2)cc1. The zero-order valence-electron chi connectivity index (χ0n) is 18.1. The largest absolute Gasteiger partial charge is 0.491 e. The van der Waals surface area contributed by atoms with Gasteiger partial charge in [0.25, 0.3) is 0 Å². The van der Waals surface area contributed by atoms with E-state index in [0.29, 0.717) is 18.2 Å². The van der Waals surface area contributed by atoms with Crippen molar-refractivity contribution < 1.29 is 18.9 Å². The van der Waals surface area contributed by atoms with Crippen molar-refractivity contribution in [2.24, 2.45) is 0 Å². The lowest BCUT2D eigenvalue weighted by atomic mass is 10.1. The minimum absolute atomic E-state index is 0.236. The smallest absolute Gasteiger partial charge is 0.140 e. The molecular formula is C26H23ClN2O4. The van der Waals surface area contributed by atoms with E-state index in [-0.39, 0.29) is 6.10 Å². The second-order valence-corrected chi connectivity index (χ2v) is 8.12. The summed E-state index contributed by atoms with van der Waals surface area (Å²) in [5, 5.41) is 0.675. The number of halogens is 1. The molecule has 0 saturated carbocycles. The molecule has 0 N–H and O–H groups in total. The standard InChI is InChI=1S/C26H23ClN2O4/c1-30-17-26-28-25(18-2-8-21(9-3-18)31-15-24-16-32-24)14-29(26)20-6-12-23(13-7-20)33-22-10-4-19(27)5-11-22/h2-14,24H,15-17H2,1H3. The van der Waals surface area contributed by atoms with Gasteiger partial charge in [-0.05, 0) is 72.8 Å². The summed E-state index contributed by atoms with van der Waals surface area (Å²) >= 11 is 5.94. The molecule has 1 saturated heterocycles. The maximum absolute atomic E-state index is 5.94. The number of nitrogens with zero attached hydrogens (tertiary/aromatic N) is 2. The van der Waals surface area contributed by atoms with Crippen LogP contribution < -0.4 is 9.47 Å². The molecule has 6 nitrogen and oxygen atoms in total. The fraction of sp³-hybridized carbons (Fsp3) is 0.192. The molecule has 0 radical (unpaired) electrons. The minimum atomic E-state index is 0.236. The predicted molar refractivity (Wildman–Crippen MR) is 126 cm³/mol. The van der Waals surface area contributed by atoms with Gasteiger partial charge in [-0.2, -0.15) is 0 Å². The molecule has 5 rings (SSSR count). The highest BCUT2D eigenvalue weighted by molar-refractivity contribution is 6.30. The van der Waals surface area contributed by atoms with E-state index >= 15 is 0 Å². The summed E-state index contributed by atoms with van der Waals surface area (Å²) in [7, 11) is 1.66. The number of hydrogen-bond acceptors (Lipinski definition) is 5. The van der Waals surface area contributed by atoms with Crippen LogP contribution in [0.4, 0.5) is 0 Å². The first-order valence-corrected chi connectivity index (χ1v) is 11.0. The fourth-order valence-electron chi connectivity index (χ4n) is 3.40. The van der Waals surface area contributed by atoms with Gasteiger partial charge < -0.3 is 23.5 Å². The molecule has 3 aromatic carbocycles. The van der Waals surface area contributed by atoms with Gasteiger partial charge in [0.05, 0.1) is 12.3 Å². The second kappa shape index (κ2) is 9.67. The molecule has 7 heteroatoms. The van der Waals surface area contributed by atoms with Gasteiger partial charge >= 0.3 is 0 Å². The Bertz CT molecular complexity index is 1200. The molecule has 0 aliphatic carbocycles. The van der Waals surface area contributed by atoms with Crippen molar-refractivity contribution >= 4 is 11.6 Å². The van der Waals surface area contributed by atoms with Crippen LogP contribution in [0.3, 0.4) is 0 Å². The lowest BCUT2D eigenvalue weighted by Crippen LogP contribution is -2.03. The van der Waals surface area contributed by atoms with Crippen LogP contribution in [0.2, 0.25) is 5.02 Å². The zero-order chi connectivity index (χ0) is 22.6. The summed E-state index contributed by atoms with van der Waals surface area (Å²) in [4.78, 5) is 4.79.